The van der Waals surface area contributed by atoms with Crippen molar-refractivity contribution in [3.8, 4) is 0 Å². The van der Waals surface area contributed by atoms with Crippen molar-refractivity contribution >= 4 is 5.91 Å². The standard InChI is InChI=1S/C14H25N3O2/c1-6-14(5,19)9-15-13(18)12-8-11(10(3)4)16-17(12)7-2/h8,10,19H,6-7,9H2,1-5H3,(H,15,18). The fourth-order valence-electron chi connectivity index (χ4n) is 1.63. The molecule has 0 saturated heterocycles. The van der Waals surface area contributed by atoms with Crippen molar-refractivity contribution in [1.82, 2.24) is 15.1 Å². The maximum Gasteiger partial charge on any atom is 0.269 e. The molecule has 1 aromatic rings. The van der Waals surface area contributed by atoms with Crippen LogP contribution in [0.3, 0.4) is 0 Å². The van der Waals surface area contributed by atoms with E-state index >= 15 is 0 Å². The van der Waals surface area contributed by atoms with Gasteiger partial charge in [0.25, 0.3) is 5.91 Å². The quantitative estimate of drug-likeness (QED) is 0.827. The highest BCUT2D eigenvalue weighted by Gasteiger charge is 2.21. The lowest BCUT2D eigenvalue weighted by Crippen LogP contribution is -2.40. The molecule has 0 aliphatic carbocycles. The summed E-state index contributed by atoms with van der Waals surface area (Å²) in [5.41, 5.74) is 0.598. The van der Waals surface area contributed by atoms with Crippen LogP contribution in [0.5, 0.6) is 0 Å². The van der Waals surface area contributed by atoms with Crippen LogP contribution >= 0.6 is 0 Å². The Morgan fingerprint density at radius 3 is 2.63 bits per heavy atom. The third-order valence-electron chi connectivity index (χ3n) is 3.31. The fraction of sp³-hybridized carbons (Fsp3) is 0.714. The van der Waals surface area contributed by atoms with Gasteiger partial charge in [0.15, 0.2) is 0 Å². The molecule has 0 aromatic carbocycles. The molecule has 1 unspecified atom stereocenters. The predicted octanol–water partition coefficient (Wildman–Crippen LogP) is 1.92. The summed E-state index contributed by atoms with van der Waals surface area (Å²) < 4.78 is 1.70. The summed E-state index contributed by atoms with van der Waals surface area (Å²) in [6.07, 6.45) is 0.595. The maximum atomic E-state index is 12.1. The number of nitrogens with zero attached hydrogens (tertiary/aromatic N) is 2. The van der Waals surface area contributed by atoms with Crippen molar-refractivity contribution in [2.24, 2.45) is 0 Å². The van der Waals surface area contributed by atoms with Gasteiger partial charge in [-0.3, -0.25) is 9.48 Å². The number of hydrogen-bond acceptors (Lipinski definition) is 3. The van der Waals surface area contributed by atoms with Gasteiger partial charge in [-0.2, -0.15) is 5.10 Å². The Hall–Kier alpha value is -1.36. The zero-order valence-corrected chi connectivity index (χ0v) is 12.5. The Bertz CT molecular complexity index is 436. The van der Waals surface area contributed by atoms with Gasteiger partial charge in [-0.15, -0.1) is 0 Å². The first kappa shape index (κ1) is 15.7. The van der Waals surface area contributed by atoms with Crippen LogP contribution in [0.2, 0.25) is 0 Å². The lowest BCUT2D eigenvalue weighted by molar-refractivity contribution is 0.0515. The molecule has 0 fully saturated rings. The Morgan fingerprint density at radius 2 is 2.16 bits per heavy atom. The molecule has 0 saturated carbocycles. The van der Waals surface area contributed by atoms with Crippen LogP contribution in [0.4, 0.5) is 0 Å². The molecule has 0 spiro atoms. The third kappa shape index (κ3) is 4.06. The zero-order chi connectivity index (χ0) is 14.6. The van der Waals surface area contributed by atoms with Crippen molar-refractivity contribution in [2.75, 3.05) is 6.54 Å². The van der Waals surface area contributed by atoms with E-state index in [1.807, 2.05) is 33.8 Å². The largest absolute Gasteiger partial charge is 0.388 e. The second-order valence-corrected chi connectivity index (χ2v) is 5.46. The molecule has 19 heavy (non-hydrogen) atoms. The lowest BCUT2D eigenvalue weighted by atomic mass is 10.0. The molecule has 0 aliphatic rings. The summed E-state index contributed by atoms with van der Waals surface area (Å²) in [6.45, 7) is 10.5. The number of aryl methyl sites for hydroxylation is 1. The highest BCUT2D eigenvalue weighted by molar-refractivity contribution is 5.92. The van der Waals surface area contributed by atoms with Gasteiger partial charge in [-0.05, 0) is 32.3 Å². The van der Waals surface area contributed by atoms with E-state index in [-0.39, 0.29) is 18.4 Å². The van der Waals surface area contributed by atoms with Gasteiger partial charge < -0.3 is 10.4 Å². The molecule has 1 rings (SSSR count). The molecule has 0 aliphatic heterocycles. The number of carbonyl (C=O) groups is 1. The van der Waals surface area contributed by atoms with Gasteiger partial charge >= 0.3 is 0 Å². The minimum Gasteiger partial charge on any atom is -0.388 e. The monoisotopic (exact) mass is 267 g/mol. The van der Waals surface area contributed by atoms with Crippen molar-refractivity contribution in [3.05, 3.63) is 17.5 Å². The van der Waals surface area contributed by atoms with Crippen LogP contribution < -0.4 is 5.32 Å². The number of amides is 1. The smallest absolute Gasteiger partial charge is 0.269 e. The normalized spacial score (nSPS) is 14.5. The summed E-state index contributed by atoms with van der Waals surface area (Å²) in [5.74, 6) is 0.105. The van der Waals surface area contributed by atoms with E-state index in [4.69, 9.17) is 0 Å². The fourth-order valence-corrected chi connectivity index (χ4v) is 1.63. The SMILES string of the molecule is CCn1nc(C(C)C)cc1C(=O)NCC(C)(O)CC. The van der Waals surface area contributed by atoms with E-state index in [9.17, 15) is 9.90 Å². The minimum atomic E-state index is -0.867. The highest BCUT2D eigenvalue weighted by Crippen LogP contribution is 2.15. The van der Waals surface area contributed by atoms with Crippen molar-refractivity contribution < 1.29 is 9.90 Å². The molecule has 1 atom stereocenters. The Balaban J connectivity index is 2.81. The Morgan fingerprint density at radius 1 is 1.53 bits per heavy atom. The number of carbonyl (C=O) groups excluding carboxylic acids is 1. The van der Waals surface area contributed by atoms with E-state index in [0.29, 0.717) is 18.7 Å². The molecular weight excluding hydrogens is 242 g/mol. The molecule has 1 aromatic heterocycles. The van der Waals surface area contributed by atoms with Gasteiger partial charge in [0.1, 0.15) is 5.69 Å². The Kier molecular flexibility index (Phi) is 5.11. The van der Waals surface area contributed by atoms with Crippen molar-refractivity contribution in [1.29, 1.82) is 0 Å². The molecule has 1 heterocycles. The summed E-state index contributed by atoms with van der Waals surface area (Å²) in [5, 5.41) is 17.1. The van der Waals surface area contributed by atoms with Crippen molar-refractivity contribution in [2.45, 2.75) is 59.1 Å². The molecule has 2 N–H and O–H groups in total. The molecule has 0 bridgehead atoms. The van der Waals surface area contributed by atoms with E-state index in [1.54, 1.807) is 11.6 Å². The van der Waals surface area contributed by atoms with E-state index in [1.165, 1.54) is 0 Å². The molecule has 1 amide bonds. The first-order valence-corrected chi connectivity index (χ1v) is 6.89. The van der Waals surface area contributed by atoms with Crippen LogP contribution in [0.15, 0.2) is 6.07 Å². The minimum absolute atomic E-state index is 0.185. The number of rotatable bonds is 6. The summed E-state index contributed by atoms with van der Waals surface area (Å²) in [7, 11) is 0. The molecule has 0 radical (unpaired) electrons. The number of aliphatic hydroxyl groups is 1. The van der Waals surface area contributed by atoms with Crippen LogP contribution in [0, 0.1) is 0 Å². The van der Waals surface area contributed by atoms with Crippen molar-refractivity contribution in [3.63, 3.8) is 0 Å². The average Bonchev–Trinajstić information content (AvgIpc) is 2.80. The highest BCUT2D eigenvalue weighted by atomic mass is 16.3. The van der Waals surface area contributed by atoms with Crippen LogP contribution in [0.1, 0.15) is 63.1 Å². The second-order valence-electron chi connectivity index (χ2n) is 5.46. The van der Waals surface area contributed by atoms with Gasteiger partial charge in [-0.25, -0.2) is 0 Å². The maximum absolute atomic E-state index is 12.1. The first-order valence-electron chi connectivity index (χ1n) is 6.89. The van der Waals surface area contributed by atoms with E-state index in [0.717, 1.165) is 5.69 Å². The summed E-state index contributed by atoms with van der Waals surface area (Å²) in [6, 6.07) is 1.82. The Labute approximate surface area is 115 Å². The van der Waals surface area contributed by atoms with Crippen LogP contribution in [-0.4, -0.2) is 32.9 Å². The van der Waals surface area contributed by atoms with E-state index < -0.39 is 5.60 Å². The second kappa shape index (κ2) is 6.19. The third-order valence-corrected chi connectivity index (χ3v) is 3.31. The molecule has 5 nitrogen and oxygen atoms in total. The summed E-state index contributed by atoms with van der Waals surface area (Å²) in [4.78, 5) is 12.1. The van der Waals surface area contributed by atoms with Gasteiger partial charge in [0.2, 0.25) is 0 Å². The molecule has 5 heteroatoms. The average molecular weight is 267 g/mol. The predicted molar refractivity (Wildman–Crippen MR) is 75.2 cm³/mol. The number of nitrogens with one attached hydrogen (secondary N) is 1. The summed E-state index contributed by atoms with van der Waals surface area (Å²) >= 11 is 0. The van der Waals surface area contributed by atoms with E-state index in [2.05, 4.69) is 10.4 Å². The number of aromatic nitrogens is 2. The van der Waals surface area contributed by atoms with Crippen LogP contribution in [-0.2, 0) is 6.54 Å². The van der Waals surface area contributed by atoms with Gasteiger partial charge in [0, 0.05) is 13.1 Å². The number of hydrogen-bond donors (Lipinski definition) is 2. The van der Waals surface area contributed by atoms with Crippen LogP contribution in [0.25, 0.3) is 0 Å². The van der Waals surface area contributed by atoms with Gasteiger partial charge in [-0.1, -0.05) is 20.8 Å². The topological polar surface area (TPSA) is 67.2 Å². The molecule has 108 valence electrons. The van der Waals surface area contributed by atoms with Gasteiger partial charge in [0.05, 0.1) is 11.3 Å². The zero-order valence-electron chi connectivity index (χ0n) is 12.5. The first-order chi connectivity index (χ1) is 8.80. The lowest BCUT2D eigenvalue weighted by Gasteiger charge is -2.21. The molecular formula is C14H25N3O2.